The highest BCUT2D eigenvalue weighted by molar-refractivity contribution is 6.74. The summed E-state index contributed by atoms with van der Waals surface area (Å²) >= 11 is 0. The van der Waals surface area contributed by atoms with E-state index in [-0.39, 0.29) is 22.2 Å². The summed E-state index contributed by atoms with van der Waals surface area (Å²) in [7, 11) is -2.47. The molecule has 256 valence electrons. The molecule has 5 aromatic carbocycles. The Labute approximate surface area is 296 Å². The van der Waals surface area contributed by atoms with Crippen LogP contribution >= 0.6 is 0 Å². The van der Waals surface area contributed by atoms with Gasteiger partial charge in [0.2, 0.25) is 0 Å². The number of halogens is 1. The van der Waals surface area contributed by atoms with Gasteiger partial charge in [-0.1, -0.05) is 142 Å². The molecule has 0 aliphatic heterocycles. The molecule has 0 bridgehead atoms. The monoisotopic (exact) mass is 684 g/mol. The normalized spacial score (nSPS) is 12.8. The minimum atomic E-state index is -2.47. The second-order valence-corrected chi connectivity index (χ2v) is 18.8. The molecule has 0 fully saturated rings. The van der Waals surface area contributed by atoms with Crippen molar-refractivity contribution in [1.29, 1.82) is 0 Å². The Balaban J connectivity index is 1.68. The molecule has 1 unspecified atom stereocenters. The van der Waals surface area contributed by atoms with Crippen molar-refractivity contribution in [2.24, 2.45) is 0 Å². The topological polar surface area (TPSA) is 56.5 Å². The van der Waals surface area contributed by atoms with Crippen LogP contribution in [0.3, 0.4) is 0 Å². The van der Waals surface area contributed by atoms with Gasteiger partial charge >= 0.3 is 0 Å². The fourth-order valence-corrected chi connectivity index (χ4v) is 7.25. The summed E-state index contributed by atoms with van der Waals surface area (Å²) in [6.07, 6.45) is 0.475. The van der Waals surface area contributed by atoms with Crippen molar-refractivity contribution in [3.63, 3.8) is 0 Å². The SMILES string of the molecule is CCOc1cc(O[Si](C)(C)C(C)(C)C)c(F)c(C(O)c2nc(-c3ccccc3)cn2C(c2ccccc2)(c2ccccc2)c2ccccc2)c1. The number of aromatic nitrogens is 2. The molecule has 6 rings (SSSR count). The van der Waals surface area contributed by atoms with Crippen molar-refractivity contribution in [3.05, 3.63) is 174 Å². The van der Waals surface area contributed by atoms with Crippen LogP contribution in [0.1, 0.15) is 61.9 Å². The number of ether oxygens (including phenoxy) is 1. The van der Waals surface area contributed by atoms with E-state index in [2.05, 4.69) is 70.3 Å². The average Bonchev–Trinajstić information content (AvgIpc) is 3.57. The van der Waals surface area contributed by atoms with Gasteiger partial charge in [0.15, 0.2) is 5.82 Å². The third kappa shape index (κ3) is 6.51. The molecule has 0 amide bonds. The summed E-state index contributed by atoms with van der Waals surface area (Å²) < 4.78 is 31.4. The predicted molar refractivity (Wildman–Crippen MR) is 202 cm³/mol. The largest absolute Gasteiger partial charge is 0.541 e. The zero-order valence-electron chi connectivity index (χ0n) is 29.6. The van der Waals surface area contributed by atoms with Crippen LogP contribution < -0.4 is 9.16 Å². The second-order valence-electron chi connectivity index (χ2n) is 14.1. The summed E-state index contributed by atoms with van der Waals surface area (Å²) in [5.74, 6) is 0.120. The maximum atomic E-state index is 16.9. The molecule has 0 radical (unpaired) electrons. The molecular weight excluding hydrogens is 640 g/mol. The Morgan fingerprint density at radius 2 is 1.24 bits per heavy atom. The van der Waals surface area contributed by atoms with E-state index >= 15 is 4.39 Å². The highest BCUT2D eigenvalue weighted by Crippen LogP contribution is 2.46. The van der Waals surface area contributed by atoms with E-state index in [0.717, 1.165) is 22.3 Å². The van der Waals surface area contributed by atoms with E-state index in [1.54, 1.807) is 12.1 Å². The first kappa shape index (κ1) is 34.9. The van der Waals surface area contributed by atoms with Gasteiger partial charge in [-0.05, 0) is 47.8 Å². The highest BCUT2D eigenvalue weighted by Gasteiger charge is 2.43. The summed E-state index contributed by atoms with van der Waals surface area (Å²) in [5.41, 5.74) is 3.39. The molecule has 0 aliphatic carbocycles. The number of aliphatic hydroxyl groups is 1. The van der Waals surface area contributed by atoms with E-state index in [1.165, 1.54) is 0 Å². The average molecular weight is 685 g/mol. The van der Waals surface area contributed by atoms with Crippen LogP contribution in [0.4, 0.5) is 4.39 Å². The minimum Gasteiger partial charge on any atom is -0.541 e. The molecule has 0 saturated carbocycles. The van der Waals surface area contributed by atoms with E-state index < -0.39 is 25.8 Å². The van der Waals surface area contributed by atoms with Gasteiger partial charge in [0.05, 0.1) is 12.3 Å². The van der Waals surface area contributed by atoms with Gasteiger partial charge in [0, 0.05) is 23.4 Å². The van der Waals surface area contributed by atoms with Crippen molar-refractivity contribution in [2.45, 2.75) is 57.5 Å². The molecule has 1 aromatic heterocycles. The summed E-state index contributed by atoms with van der Waals surface area (Å²) in [5, 5.41) is 12.4. The number of aliphatic hydroxyl groups excluding tert-OH is 1. The van der Waals surface area contributed by atoms with E-state index in [1.807, 2.05) is 103 Å². The molecular formula is C43H45FN2O3Si. The maximum absolute atomic E-state index is 16.9. The summed E-state index contributed by atoms with van der Waals surface area (Å²) in [6.45, 7) is 12.7. The zero-order valence-corrected chi connectivity index (χ0v) is 30.6. The van der Waals surface area contributed by atoms with E-state index in [0.29, 0.717) is 18.1 Å². The second kappa shape index (κ2) is 14.1. The minimum absolute atomic E-state index is 0.0270. The van der Waals surface area contributed by atoms with Crippen LogP contribution in [-0.4, -0.2) is 29.6 Å². The van der Waals surface area contributed by atoms with Gasteiger partial charge in [0.25, 0.3) is 8.32 Å². The van der Waals surface area contributed by atoms with Crippen LogP contribution in [0.25, 0.3) is 11.3 Å². The van der Waals surface area contributed by atoms with Gasteiger partial charge in [-0.25, -0.2) is 9.37 Å². The first-order valence-corrected chi connectivity index (χ1v) is 20.0. The lowest BCUT2D eigenvalue weighted by atomic mass is 9.76. The smallest absolute Gasteiger partial charge is 0.250 e. The Kier molecular flexibility index (Phi) is 9.83. The quantitative estimate of drug-likeness (QED) is 0.109. The lowest BCUT2D eigenvalue weighted by molar-refractivity contribution is 0.193. The third-order valence-corrected chi connectivity index (χ3v) is 14.1. The third-order valence-electron chi connectivity index (χ3n) is 9.80. The first-order valence-electron chi connectivity index (χ1n) is 17.1. The van der Waals surface area contributed by atoms with E-state index in [9.17, 15) is 5.11 Å². The number of hydrogen-bond donors (Lipinski definition) is 1. The van der Waals surface area contributed by atoms with Crippen molar-refractivity contribution in [3.8, 4) is 22.8 Å². The van der Waals surface area contributed by atoms with Crippen LogP contribution in [-0.2, 0) is 5.54 Å². The molecule has 5 nitrogen and oxygen atoms in total. The van der Waals surface area contributed by atoms with Crippen molar-refractivity contribution >= 4 is 8.32 Å². The predicted octanol–water partition coefficient (Wildman–Crippen LogP) is 10.4. The summed E-state index contributed by atoms with van der Waals surface area (Å²) in [6, 6.07) is 43.5. The number of imidazole rings is 1. The fourth-order valence-electron chi connectivity index (χ4n) is 6.24. The molecule has 0 spiro atoms. The Morgan fingerprint density at radius 1 is 0.760 bits per heavy atom. The number of hydrogen-bond acceptors (Lipinski definition) is 4. The van der Waals surface area contributed by atoms with Crippen LogP contribution in [0.5, 0.6) is 11.5 Å². The van der Waals surface area contributed by atoms with Gasteiger partial charge in [0.1, 0.15) is 29.0 Å². The van der Waals surface area contributed by atoms with Gasteiger partial charge < -0.3 is 18.8 Å². The molecule has 0 aliphatic rings. The lowest BCUT2D eigenvalue weighted by Crippen LogP contribution is -2.44. The summed E-state index contributed by atoms with van der Waals surface area (Å²) in [4.78, 5) is 5.13. The fraction of sp³-hybridized carbons (Fsp3) is 0.233. The maximum Gasteiger partial charge on any atom is 0.250 e. The lowest BCUT2D eigenvalue weighted by Gasteiger charge is -2.39. The number of benzene rings is 5. The standard InChI is InChI=1S/C43H45FN2O3Si/c1-7-48-35-28-36(39(44)38(29-35)49-50(5,6)42(2,3)4)40(47)41-45-37(31-20-12-8-13-21-31)30-46(41)43(32-22-14-9-15-23-32,33-24-16-10-17-25-33)34-26-18-11-19-27-34/h8-30,40,47H,7H2,1-6H3. The molecule has 6 aromatic rings. The molecule has 1 atom stereocenters. The van der Waals surface area contributed by atoms with Gasteiger partial charge in [-0.3, -0.25) is 0 Å². The van der Waals surface area contributed by atoms with Crippen molar-refractivity contribution in [1.82, 2.24) is 9.55 Å². The van der Waals surface area contributed by atoms with Crippen LogP contribution in [0.15, 0.2) is 140 Å². The Morgan fingerprint density at radius 3 is 1.70 bits per heavy atom. The number of nitrogens with zero attached hydrogens (tertiary/aromatic N) is 2. The molecule has 0 saturated heterocycles. The Bertz CT molecular complexity index is 1930. The molecule has 7 heteroatoms. The molecule has 50 heavy (non-hydrogen) atoms. The number of rotatable bonds is 11. The van der Waals surface area contributed by atoms with Gasteiger partial charge in [-0.2, -0.15) is 0 Å². The van der Waals surface area contributed by atoms with Crippen molar-refractivity contribution < 1.29 is 18.7 Å². The van der Waals surface area contributed by atoms with Gasteiger partial charge in [-0.15, -0.1) is 0 Å². The van der Waals surface area contributed by atoms with Crippen molar-refractivity contribution in [2.75, 3.05) is 6.61 Å². The zero-order chi connectivity index (χ0) is 35.5. The van der Waals surface area contributed by atoms with E-state index in [4.69, 9.17) is 14.1 Å². The highest BCUT2D eigenvalue weighted by atomic mass is 28.4. The van der Waals surface area contributed by atoms with Crippen LogP contribution in [0.2, 0.25) is 18.1 Å². The van der Waals surface area contributed by atoms with Crippen LogP contribution in [0, 0.1) is 5.82 Å². The molecule has 1 N–H and O–H groups in total. The Hall–Kier alpha value is -4.98. The molecule has 1 heterocycles. The first-order chi connectivity index (χ1) is 24.0.